The summed E-state index contributed by atoms with van der Waals surface area (Å²) in [6.07, 6.45) is 1.63. The van der Waals surface area contributed by atoms with Crippen molar-refractivity contribution in [1.82, 2.24) is 10.0 Å². The van der Waals surface area contributed by atoms with Crippen LogP contribution >= 0.6 is 11.6 Å². The van der Waals surface area contributed by atoms with Crippen LogP contribution in [0, 0.1) is 5.82 Å². The van der Waals surface area contributed by atoms with E-state index in [4.69, 9.17) is 16.3 Å². The first-order chi connectivity index (χ1) is 9.94. The molecule has 1 aromatic carbocycles. The maximum atomic E-state index is 13.8. The zero-order valence-corrected chi connectivity index (χ0v) is 13.2. The molecule has 1 atom stereocenters. The first-order valence-corrected chi connectivity index (χ1v) is 8.54. The van der Waals surface area contributed by atoms with E-state index in [1.807, 2.05) is 0 Å². The van der Waals surface area contributed by atoms with Gasteiger partial charge in [-0.25, -0.2) is 17.5 Å². The number of benzene rings is 1. The molecule has 1 saturated heterocycles. The van der Waals surface area contributed by atoms with Gasteiger partial charge < -0.3 is 10.1 Å². The summed E-state index contributed by atoms with van der Waals surface area (Å²) < 4.78 is 46.0. The quantitative estimate of drug-likeness (QED) is 0.829. The van der Waals surface area contributed by atoms with Gasteiger partial charge in [0.1, 0.15) is 5.82 Å². The highest BCUT2D eigenvalue weighted by Crippen LogP contribution is 2.24. The van der Waals surface area contributed by atoms with Gasteiger partial charge in [0.2, 0.25) is 10.0 Å². The molecule has 2 rings (SSSR count). The smallest absolute Gasteiger partial charge is 0.240 e. The minimum atomic E-state index is -3.78. The average Bonchev–Trinajstić information content (AvgIpc) is 2.95. The molecule has 1 unspecified atom stereocenters. The van der Waals surface area contributed by atoms with E-state index in [2.05, 4.69) is 10.0 Å². The van der Waals surface area contributed by atoms with E-state index in [1.54, 1.807) is 7.05 Å². The van der Waals surface area contributed by atoms with Gasteiger partial charge in [0.05, 0.1) is 16.0 Å². The molecule has 0 spiro atoms. The fourth-order valence-corrected chi connectivity index (χ4v) is 3.49. The molecular weight excluding hydrogens is 319 g/mol. The average molecular weight is 337 g/mol. The molecule has 1 fully saturated rings. The molecule has 0 aliphatic carbocycles. The molecule has 2 N–H and O–H groups in total. The summed E-state index contributed by atoms with van der Waals surface area (Å²) in [5.74, 6) is -0.748. The highest BCUT2D eigenvalue weighted by Gasteiger charge is 2.22. The molecule has 1 heterocycles. The van der Waals surface area contributed by atoms with E-state index >= 15 is 0 Å². The second-order valence-corrected chi connectivity index (χ2v) is 7.04. The van der Waals surface area contributed by atoms with Gasteiger partial charge in [0.15, 0.2) is 0 Å². The third kappa shape index (κ3) is 4.14. The SMILES string of the molecule is CNCc1cc(S(=O)(=O)NCC2CCCO2)cc(F)c1Cl. The Hall–Kier alpha value is -0.730. The summed E-state index contributed by atoms with van der Waals surface area (Å²) in [4.78, 5) is -0.132. The van der Waals surface area contributed by atoms with Crippen molar-refractivity contribution in [2.75, 3.05) is 20.2 Å². The predicted molar refractivity (Wildman–Crippen MR) is 78.3 cm³/mol. The van der Waals surface area contributed by atoms with Gasteiger partial charge in [0, 0.05) is 19.7 Å². The van der Waals surface area contributed by atoms with Crippen LogP contribution in [0.2, 0.25) is 5.02 Å². The van der Waals surface area contributed by atoms with Gasteiger partial charge in [0.25, 0.3) is 0 Å². The number of ether oxygens (including phenoxy) is 1. The minimum Gasteiger partial charge on any atom is -0.377 e. The second kappa shape index (κ2) is 7.02. The van der Waals surface area contributed by atoms with Crippen molar-refractivity contribution in [1.29, 1.82) is 0 Å². The van der Waals surface area contributed by atoms with Crippen LogP contribution in [0.3, 0.4) is 0 Å². The Morgan fingerprint density at radius 3 is 2.86 bits per heavy atom. The van der Waals surface area contributed by atoms with Crippen LogP contribution in [0.5, 0.6) is 0 Å². The monoisotopic (exact) mass is 336 g/mol. The van der Waals surface area contributed by atoms with Crippen molar-refractivity contribution in [3.8, 4) is 0 Å². The fraction of sp³-hybridized carbons (Fsp3) is 0.538. The lowest BCUT2D eigenvalue weighted by Gasteiger charge is -2.13. The largest absolute Gasteiger partial charge is 0.377 e. The summed E-state index contributed by atoms with van der Waals surface area (Å²) in [7, 11) is -2.11. The fourth-order valence-electron chi connectivity index (χ4n) is 2.18. The summed E-state index contributed by atoms with van der Waals surface area (Å²) in [5.41, 5.74) is 0.400. The Balaban J connectivity index is 2.18. The number of nitrogens with one attached hydrogen (secondary N) is 2. The van der Waals surface area contributed by atoms with E-state index < -0.39 is 15.8 Å². The van der Waals surface area contributed by atoms with Gasteiger partial charge in [-0.1, -0.05) is 11.6 Å². The Labute approximate surface area is 128 Å². The van der Waals surface area contributed by atoms with Crippen molar-refractivity contribution >= 4 is 21.6 Å². The molecule has 118 valence electrons. The minimum absolute atomic E-state index is 0.0672. The normalized spacial score (nSPS) is 19.1. The molecule has 1 aromatic rings. The van der Waals surface area contributed by atoms with Crippen molar-refractivity contribution < 1.29 is 17.5 Å². The predicted octanol–water partition coefficient (Wildman–Crippen LogP) is 1.66. The van der Waals surface area contributed by atoms with Crippen LogP contribution in [0.15, 0.2) is 17.0 Å². The van der Waals surface area contributed by atoms with Crippen molar-refractivity contribution in [2.24, 2.45) is 0 Å². The molecule has 0 radical (unpaired) electrons. The molecule has 0 aromatic heterocycles. The van der Waals surface area contributed by atoms with E-state index in [1.165, 1.54) is 6.07 Å². The van der Waals surface area contributed by atoms with Crippen molar-refractivity contribution in [3.05, 3.63) is 28.5 Å². The van der Waals surface area contributed by atoms with Crippen LogP contribution in [0.4, 0.5) is 4.39 Å². The first-order valence-electron chi connectivity index (χ1n) is 6.68. The first kappa shape index (κ1) is 16.6. The van der Waals surface area contributed by atoms with E-state index in [9.17, 15) is 12.8 Å². The number of hydrogen-bond donors (Lipinski definition) is 2. The summed E-state index contributed by atoms with van der Waals surface area (Å²) in [5, 5.41) is 2.75. The number of rotatable bonds is 6. The summed E-state index contributed by atoms with van der Waals surface area (Å²) in [6, 6.07) is 2.30. The number of hydrogen-bond acceptors (Lipinski definition) is 4. The van der Waals surface area contributed by atoms with Gasteiger partial charge in [-0.15, -0.1) is 0 Å². The third-order valence-electron chi connectivity index (χ3n) is 3.28. The Kier molecular flexibility index (Phi) is 5.56. The lowest BCUT2D eigenvalue weighted by Crippen LogP contribution is -2.32. The van der Waals surface area contributed by atoms with Gasteiger partial charge in [-0.05, 0) is 37.6 Å². The highest BCUT2D eigenvalue weighted by molar-refractivity contribution is 7.89. The van der Waals surface area contributed by atoms with E-state index in [-0.39, 0.29) is 29.1 Å². The van der Waals surface area contributed by atoms with E-state index in [0.717, 1.165) is 18.9 Å². The lowest BCUT2D eigenvalue weighted by molar-refractivity contribution is 0.114. The molecule has 1 aliphatic heterocycles. The maximum Gasteiger partial charge on any atom is 0.240 e. The van der Waals surface area contributed by atoms with Crippen LogP contribution < -0.4 is 10.0 Å². The summed E-state index contributed by atoms with van der Waals surface area (Å²) >= 11 is 5.82. The molecule has 1 aliphatic rings. The molecule has 21 heavy (non-hydrogen) atoms. The Morgan fingerprint density at radius 1 is 1.48 bits per heavy atom. The van der Waals surface area contributed by atoms with Crippen LogP contribution in [-0.2, 0) is 21.3 Å². The lowest BCUT2D eigenvalue weighted by atomic mass is 10.2. The van der Waals surface area contributed by atoms with Gasteiger partial charge in [-0.2, -0.15) is 0 Å². The zero-order valence-electron chi connectivity index (χ0n) is 11.7. The van der Waals surface area contributed by atoms with Crippen LogP contribution in [0.1, 0.15) is 18.4 Å². The third-order valence-corrected chi connectivity index (χ3v) is 5.11. The molecular formula is C13H18ClFN2O3S. The van der Waals surface area contributed by atoms with Crippen LogP contribution in [-0.4, -0.2) is 34.7 Å². The Bertz CT molecular complexity index is 604. The molecule has 5 nitrogen and oxygen atoms in total. The van der Waals surface area contributed by atoms with Crippen molar-refractivity contribution in [3.63, 3.8) is 0 Å². The number of halogens is 2. The molecule has 0 saturated carbocycles. The van der Waals surface area contributed by atoms with E-state index in [0.29, 0.717) is 12.2 Å². The van der Waals surface area contributed by atoms with Gasteiger partial charge in [-0.3, -0.25) is 0 Å². The zero-order chi connectivity index (χ0) is 15.5. The van der Waals surface area contributed by atoms with Gasteiger partial charge >= 0.3 is 0 Å². The number of sulfonamides is 1. The van der Waals surface area contributed by atoms with Crippen LogP contribution in [0.25, 0.3) is 0 Å². The second-order valence-electron chi connectivity index (χ2n) is 4.90. The van der Waals surface area contributed by atoms with Crippen molar-refractivity contribution in [2.45, 2.75) is 30.4 Å². The maximum absolute atomic E-state index is 13.8. The molecule has 8 heteroatoms. The molecule has 0 amide bonds. The Morgan fingerprint density at radius 2 is 2.24 bits per heavy atom. The summed E-state index contributed by atoms with van der Waals surface area (Å²) in [6.45, 7) is 1.12. The standard InChI is InChI=1S/C13H18ClFN2O3S/c1-16-7-9-5-11(6-12(15)13(9)14)21(18,19)17-8-10-3-2-4-20-10/h5-6,10,16-17H,2-4,7-8H2,1H3. The highest BCUT2D eigenvalue weighted by atomic mass is 35.5. The topological polar surface area (TPSA) is 67.4 Å². The molecule has 0 bridgehead atoms.